The molecule has 0 bridgehead atoms. The van der Waals surface area contributed by atoms with Crippen LogP contribution in [0.2, 0.25) is 0 Å². The molecule has 0 aromatic carbocycles. The van der Waals surface area contributed by atoms with Gasteiger partial charge >= 0.3 is 80.6 Å². The van der Waals surface area contributed by atoms with E-state index in [0.29, 0.717) is 0 Å². The number of hydrogen-bond acceptors (Lipinski definition) is 0. The van der Waals surface area contributed by atoms with Gasteiger partial charge in [0, 0.05) is 0 Å². The summed E-state index contributed by atoms with van der Waals surface area (Å²) < 4.78 is -1.08. The molecule has 0 amide bonds. The van der Waals surface area contributed by atoms with Crippen molar-refractivity contribution >= 4 is 76.3 Å². The molecule has 1 heterocycles. The van der Waals surface area contributed by atoms with Gasteiger partial charge in [0.15, 0.2) is 0 Å². The van der Waals surface area contributed by atoms with Crippen molar-refractivity contribution in [3.05, 3.63) is 0 Å². The molecule has 0 aromatic rings. The van der Waals surface area contributed by atoms with E-state index in [9.17, 15) is 0 Å². The summed E-state index contributed by atoms with van der Waals surface area (Å²) in [4.78, 5) is 0. The Morgan fingerprint density at radius 3 is 1.00 bits per heavy atom. The van der Waals surface area contributed by atoms with E-state index in [1.807, 2.05) is 0 Å². The van der Waals surface area contributed by atoms with Crippen molar-refractivity contribution in [1.82, 2.24) is 0 Å². The molecule has 0 nitrogen and oxygen atoms in total. The first-order valence-electron chi connectivity index (χ1n) is 1.57. The maximum atomic E-state index is 5.64. The first kappa shape index (κ1) is 8.30. The van der Waals surface area contributed by atoms with Gasteiger partial charge in [0.25, 0.3) is 0 Å². The minimum absolute atomic E-state index is 0.0216. The van der Waals surface area contributed by atoms with E-state index in [4.69, 9.17) is 46.4 Å². The number of hydrogen-bond donors (Lipinski definition) is 0. The fraction of sp³-hybridized carbons (Fsp3) is 1.00. The molecule has 0 aromatic heterocycles. The molecule has 0 unspecified atom stereocenters. The Bertz CT molecular complexity index is 88.6. The Labute approximate surface area is 79.9 Å². The van der Waals surface area contributed by atoms with Crippen LogP contribution in [0.15, 0.2) is 0 Å². The number of halogens is 4. The summed E-state index contributed by atoms with van der Waals surface area (Å²) in [5.41, 5.74) is 0. The van der Waals surface area contributed by atoms with Gasteiger partial charge in [0.05, 0.1) is 0 Å². The summed E-state index contributed by atoms with van der Waals surface area (Å²) in [6, 6.07) is 0. The number of alkyl halides is 4. The second-order valence-corrected chi connectivity index (χ2v) is 16.5. The van der Waals surface area contributed by atoms with Crippen LogP contribution in [0.3, 0.4) is 0 Å². The van der Waals surface area contributed by atoms with Gasteiger partial charge in [0.2, 0.25) is 0 Å². The van der Waals surface area contributed by atoms with Gasteiger partial charge in [-0.05, 0) is 0 Å². The molecule has 1 fully saturated rings. The van der Waals surface area contributed by atoms with Gasteiger partial charge in [-0.15, -0.1) is 0 Å². The third-order valence-electron chi connectivity index (χ3n) is 0.475. The summed E-state index contributed by atoms with van der Waals surface area (Å²) in [5, 5.41) is 0. The van der Waals surface area contributed by atoms with E-state index in [2.05, 4.69) is 0 Å². The molecule has 0 saturated carbocycles. The summed E-state index contributed by atoms with van der Waals surface area (Å²) >= 11 is 22.5. The van der Waals surface area contributed by atoms with Crippen molar-refractivity contribution < 1.29 is 0 Å². The van der Waals surface area contributed by atoms with E-state index in [1.165, 1.54) is 0 Å². The molecular weight excluding hydrogens is 324 g/mol. The quantitative estimate of drug-likeness (QED) is 0.469. The van der Waals surface area contributed by atoms with E-state index in [0.717, 1.165) is 0 Å². The average Bonchev–Trinajstić information content (AvgIpc) is 1.20. The molecule has 8 heavy (non-hydrogen) atoms. The van der Waals surface area contributed by atoms with Crippen molar-refractivity contribution in [3.8, 4) is 0 Å². The Morgan fingerprint density at radius 2 is 1.00 bits per heavy atom. The summed E-state index contributed by atoms with van der Waals surface area (Å²) in [6.07, 6.45) is 0. The molecular formula is C2Cl4Se2. The van der Waals surface area contributed by atoms with E-state index < -0.39 is 4.26 Å². The molecule has 0 spiro atoms. The van der Waals surface area contributed by atoms with E-state index >= 15 is 0 Å². The van der Waals surface area contributed by atoms with Gasteiger partial charge in [-0.25, -0.2) is 0 Å². The second-order valence-electron chi connectivity index (χ2n) is 1.13. The van der Waals surface area contributed by atoms with Crippen LogP contribution in [0.1, 0.15) is 0 Å². The molecule has 1 rings (SSSR count). The zero-order valence-corrected chi connectivity index (χ0v) is 9.78. The molecule has 6 heteroatoms. The van der Waals surface area contributed by atoms with Crippen LogP contribution in [-0.2, 0) is 0 Å². The van der Waals surface area contributed by atoms with Gasteiger partial charge < -0.3 is 0 Å². The maximum absolute atomic E-state index is 5.64. The van der Waals surface area contributed by atoms with Crippen LogP contribution in [0.5, 0.6) is 0 Å². The monoisotopic (exact) mass is 324 g/mol. The molecule has 0 N–H and O–H groups in total. The van der Waals surface area contributed by atoms with Crippen molar-refractivity contribution in [1.29, 1.82) is 0 Å². The van der Waals surface area contributed by atoms with Gasteiger partial charge in [0.1, 0.15) is 0 Å². The fourth-order valence-electron chi connectivity index (χ4n) is 0.284. The predicted molar refractivity (Wildman–Crippen MR) is 40.4 cm³/mol. The van der Waals surface area contributed by atoms with Crippen molar-refractivity contribution in [2.45, 2.75) is 4.26 Å². The van der Waals surface area contributed by atoms with Crippen LogP contribution >= 0.6 is 46.4 Å². The standard InChI is InChI=1S/C2Cl4Se2/c3-1(4)7-2(5,6)8-1. The summed E-state index contributed by atoms with van der Waals surface area (Å²) in [7, 11) is 0. The Morgan fingerprint density at radius 1 is 0.750 bits per heavy atom. The fourth-order valence-corrected chi connectivity index (χ4v) is 16.8. The van der Waals surface area contributed by atoms with E-state index in [1.54, 1.807) is 0 Å². The third-order valence-corrected chi connectivity index (χ3v) is 9.31. The van der Waals surface area contributed by atoms with Crippen LogP contribution in [0.25, 0.3) is 0 Å². The van der Waals surface area contributed by atoms with Crippen LogP contribution in [-0.4, -0.2) is 34.2 Å². The normalized spacial score (nSPS) is 31.5. The average molecular weight is 324 g/mol. The molecule has 0 radical (unpaired) electrons. The molecule has 48 valence electrons. The summed E-state index contributed by atoms with van der Waals surface area (Å²) in [6.45, 7) is 0. The zero-order valence-electron chi connectivity index (χ0n) is 3.33. The Kier molecular flexibility index (Phi) is 2.44. The van der Waals surface area contributed by atoms with Gasteiger partial charge in [-0.3, -0.25) is 0 Å². The zero-order chi connectivity index (χ0) is 6.41. The first-order chi connectivity index (χ1) is 3.41. The molecule has 1 saturated heterocycles. The van der Waals surface area contributed by atoms with Crippen LogP contribution in [0.4, 0.5) is 0 Å². The molecule has 1 aliphatic rings. The van der Waals surface area contributed by atoms with Crippen molar-refractivity contribution in [2.24, 2.45) is 0 Å². The number of rotatable bonds is 0. The Hall–Kier alpha value is 2.20. The predicted octanol–water partition coefficient (Wildman–Crippen LogP) is 1.59. The van der Waals surface area contributed by atoms with Crippen molar-refractivity contribution in [3.63, 3.8) is 0 Å². The van der Waals surface area contributed by atoms with Gasteiger partial charge in [-0.1, -0.05) is 0 Å². The van der Waals surface area contributed by atoms with Gasteiger partial charge in [-0.2, -0.15) is 0 Å². The molecule has 1 aliphatic heterocycles. The topological polar surface area (TPSA) is 0 Å². The minimum atomic E-state index is -0.538. The van der Waals surface area contributed by atoms with Crippen LogP contribution < -0.4 is 0 Å². The van der Waals surface area contributed by atoms with Crippen molar-refractivity contribution in [2.75, 3.05) is 0 Å². The molecule has 0 atom stereocenters. The van der Waals surface area contributed by atoms with E-state index in [-0.39, 0.29) is 29.9 Å². The Balaban J connectivity index is 2.42. The SMILES string of the molecule is ClC1(Cl)[Se]C(Cl)(Cl)[Se]1. The molecule has 0 aliphatic carbocycles. The first-order valence-corrected chi connectivity index (χ1v) is 6.51. The second kappa shape index (κ2) is 2.36. The summed E-state index contributed by atoms with van der Waals surface area (Å²) in [5.74, 6) is 0. The third kappa shape index (κ3) is 2.11. The van der Waals surface area contributed by atoms with Crippen LogP contribution in [0, 0.1) is 0 Å².